The third-order valence-corrected chi connectivity index (χ3v) is 9.90. The monoisotopic (exact) mass is 487 g/mol. The molecule has 7 nitrogen and oxygen atoms in total. The number of benzene rings is 1. The van der Waals surface area contributed by atoms with Crippen molar-refractivity contribution >= 4 is 27.5 Å². The van der Waals surface area contributed by atoms with Crippen LogP contribution in [0.15, 0.2) is 41.8 Å². The molecule has 4 bridgehead atoms. The first-order valence-electron chi connectivity index (χ1n) is 12.5. The van der Waals surface area contributed by atoms with Gasteiger partial charge >= 0.3 is 0 Å². The quantitative estimate of drug-likeness (QED) is 0.365. The van der Waals surface area contributed by atoms with Crippen LogP contribution in [-0.2, 0) is 19.6 Å². The van der Waals surface area contributed by atoms with Crippen LogP contribution in [0, 0.1) is 23.2 Å². The average Bonchev–Trinajstić information content (AvgIpc) is 2.79. The van der Waals surface area contributed by atoms with Crippen molar-refractivity contribution in [3.05, 3.63) is 36.9 Å². The van der Waals surface area contributed by atoms with Crippen molar-refractivity contribution in [2.24, 2.45) is 23.2 Å². The smallest absolute Gasteiger partial charge is 0.243 e. The summed E-state index contributed by atoms with van der Waals surface area (Å²) in [4.78, 5) is 24.0. The van der Waals surface area contributed by atoms with E-state index in [9.17, 15) is 18.0 Å². The predicted octanol–water partition coefficient (Wildman–Crippen LogP) is 3.93. The normalized spacial score (nSPS) is 27.5. The van der Waals surface area contributed by atoms with Crippen LogP contribution < -0.4 is 10.6 Å². The van der Waals surface area contributed by atoms with Crippen molar-refractivity contribution in [2.75, 3.05) is 25.5 Å². The zero-order chi connectivity index (χ0) is 24.3. The number of carbonyl (C=O) groups excluding carboxylic acids is 2. The lowest BCUT2D eigenvalue weighted by Gasteiger charge is -2.57. The number of nitrogens with one attached hydrogen (secondary N) is 2. The molecule has 1 aromatic carbocycles. The molecular formula is C26H37N3O4S. The zero-order valence-corrected chi connectivity index (χ0v) is 20.9. The Morgan fingerprint density at radius 3 is 2.24 bits per heavy atom. The van der Waals surface area contributed by atoms with Crippen molar-refractivity contribution in [1.29, 1.82) is 0 Å². The minimum Gasteiger partial charge on any atom is -0.353 e. The predicted molar refractivity (Wildman–Crippen MR) is 133 cm³/mol. The van der Waals surface area contributed by atoms with E-state index in [2.05, 4.69) is 17.2 Å². The molecule has 0 spiro atoms. The van der Waals surface area contributed by atoms with Gasteiger partial charge in [-0.1, -0.05) is 6.58 Å². The van der Waals surface area contributed by atoms with Crippen LogP contribution in [0.1, 0.15) is 57.8 Å². The van der Waals surface area contributed by atoms with Gasteiger partial charge in [0.15, 0.2) is 0 Å². The molecule has 0 aromatic heterocycles. The minimum atomic E-state index is -3.64. The number of hydrogen-bond acceptors (Lipinski definition) is 4. The highest BCUT2D eigenvalue weighted by Crippen LogP contribution is 2.61. The van der Waals surface area contributed by atoms with E-state index in [1.165, 1.54) is 68.1 Å². The first kappa shape index (κ1) is 24.9. The summed E-state index contributed by atoms with van der Waals surface area (Å²) in [5, 5.41) is 5.58. The van der Waals surface area contributed by atoms with Crippen LogP contribution in [0.4, 0.5) is 5.69 Å². The molecule has 186 valence electrons. The number of rotatable bonds is 11. The summed E-state index contributed by atoms with van der Waals surface area (Å²) in [6.45, 7) is 4.04. The van der Waals surface area contributed by atoms with Gasteiger partial charge in [-0.2, -0.15) is 0 Å². The summed E-state index contributed by atoms with van der Waals surface area (Å²) in [5.74, 6) is 2.37. The molecule has 2 N–H and O–H groups in total. The van der Waals surface area contributed by atoms with Crippen LogP contribution in [-0.4, -0.2) is 44.7 Å². The van der Waals surface area contributed by atoms with Crippen molar-refractivity contribution < 1.29 is 18.0 Å². The van der Waals surface area contributed by atoms with E-state index < -0.39 is 10.0 Å². The Kier molecular flexibility index (Phi) is 7.48. The van der Waals surface area contributed by atoms with Crippen molar-refractivity contribution in [1.82, 2.24) is 9.62 Å². The summed E-state index contributed by atoms with van der Waals surface area (Å²) in [5.41, 5.74) is 0.993. The lowest BCUT2D eigenvalue weighted by atomic mass is 9.48. The summed E-state index contributed by atoms with van der Waals surface area (Å²) in [6.07, 6.45) is 11.3. The van der Waals surface area contributed by atoms with Crippen molar-refractivity contribution in [3.63, 3.8) is 0 Å². The molecule has 0 saturated heterocycles. The Labute approximate surface area is 203 Å². The number of amides is 2. The zero-order valence-electron chi connectivity index (χ0n) is 20.1. The second-order valence-electron chi connectivity index (χ2n) is 10.7. The Morgan fingerprint density at radius 2 is 1.68 bits per heavy atom. The van der Waals surface area contributed by atoms with Crippen LogP contribution >= 0.6 is 0 Å². The van der Waals surface area contributed by atoms with Gasteiger partial charge in [0.05, 0.1) is 4.90 Å². The molecule has 0 radical (unpaired) electrons. The van der Waals surface area contributed by atoms with E-state index in [1.54, 1.807) is 12.1 Å². The Hall–Kier alpha value is -2.19. The molecule has 0 heterocycles. The maximum absolute atomic E-state index is 12.8. The third kappa shape index (κ3) is 5.71. The molecule has 4 saturated carbocycles. The number of nitrogens with zero attached hydrogens (tertiary/aromatic N) is 1. The molecule has 1 aromatic rings. The van der Waals surface area contributed by atoms with Gasteiger partial charge in [-0.25, -0.2) is 12.7 Å². The van der Waals surface area contributed by atoms with E-state index in [0.29, 0.717) is 30.5 Å². The fraction of sp³-hybridized carbons (Fsp3) is 0.615. The maximum Gasteiger partial charge on any atom is 0.243 e. The largest absolute Gasteiger partial charge is 0.353 e. The first-order valence-corrected chi connectivity index (χ1v) is 13.9. The van der Waals surface area contributed by atoms with Crippen LogP contribution in [0.25, 0.3) is 0 Å². The second-order valence-corrected chi connectivity index (χ2v) is 12.7. The Bertz CT molecular complexity index is 984. The molecule has 4 aliphatic carbocycles. The van der Waals surface area contributed by atoms with Crippen LogP contribution in [0.2, 0.25) is 0 Å². The highest BCUT2D eigenvalue weighted by atomic mass is 32.2. The van der Waals surface area contributed by atoms with Gasteiger partial charge in [0.25, 0.3) is 0 Å². The Morgan fingerprint density at radius 1 is 1.09 bits per heavy atom. The molecule has 0 unspecified atom stereocenters. The van der Waals surface area contributed by atoms with Gasteiger partial charge in [-0.15, -0.1) is 0 Å². The summed E-state index contributed by atoms with van der Waals surface area (Å²) >= 11 is 0. The maximum atomic E-state index is 12.8. The molecule has 0 aliphatic heterocycles. The summed E-state index contributed by atoms with van der Waals surface area (Å²) in [7, 11) is -2.12. The summed E-state index contributed by atoms with van der Waals surface area (Å²) in [6, 6.07) is 6.35. The van der Waals surface area contributed by atoms with E-state index in [4.69, 9.17) is 0 Å². The molecule has 5 rings (SSSR count). The number of hydrogen-bond donors (Lipinski definition) is 2. The van der Waals surface area contributed by atoms with Crippen molar-refractivity contribution in [3.8, 4) is 0 Å². The van der Waals surface area contributed by atoms with Gasteiger partial charge in [-0.05, 0) is 105 Å². The molecule has 0 atom stereocenters. The molecule has 2 amide bonds. The van der Waals surface area contributed by atoms with Gasteiger partial charge in [0.2, 0.25) is 21.8 Å². The lowest BCUT2D eigenvalue weighted by molar-refractivity contribution is -0.118. The fourth-order valence-corrected chi connectivity index (χ4v) is 8.00. The molecule has 4 fully saturated rings. The standard InChI is InChI=1S/C26H37N3O4S/c1-3-24(30)27-11-4-12-29(2)34(32,33)23-7-5-22(6-8-23)28-25(31)9-10-26-16-19-13-20(17-26)15-21(14-19)18-26/h3,5-8,19-21H,1,4,9-18H2,2H3,(H,27,30)(H,28,31). The third-order valence-electron chi connectivity index (χ3n) is 8.03. The second kappa shape index (κ2) is 10.2. The van der Waals surface area contributed by atoms with Crippen LogP contribution in [0.3, 0.4) is 0 Å². The van der Waals surface area contributed by atoms with Gasteiger partial charge in [0.1, 0.15) is 0 Å². The number of carbonyl (C=O) groups is 2. The van der Waals surface area contributed by atoms with Crippen molar-refractivity contribution in [2.45, 2.75) is 62.7 Å². The van der Waals surface area contributed by atoms with E-state index in [1.807, 2.05) is 0 Å². The van der Waals surface area contributed by atoms with Gasteiger partial charge < -0.3 is 10.6 Å². The topological polar surface area (TPSA) is 95.6 Å². The Balaban J connectivity index is 1.25. The van der Waals surface area contributed by atoms with E-state index in [-0.39, 0.29) is 23.3 Å². The van der Waals surface area contributed by atoms with E-state index in [0.717, 1.165) is 24.2 Å². The van der Waals surface area contributed by atoms with Gasteiger partial charge in [0, 0.05) is 32.2 Å². The highest BCUT2D eigenvalue weighted by molar-refractivity contribution is 7.89. The molecule has 34 heavy (non-hydrogen) atoms. The molecular weight excluding hydrogens is 450 g/mol. The minimum absolute atomic E-state index is 0.00467. The molecule has 8 heteroatoms. The van der Waals surface area contributed by atoms with Crippen LogP contribution in [0.5, 0.6) is 0 Å². The molecule has 4 aliphatic rings. The average molecular weight is 488 g/mol. The number of sulfonamides is 1. The fourth-order valence-electron chi connectivity index (χ4n) is 6.79. The SMILES string of the molecule is C=CC(=O)NCCCN(C)S(=O)(=O)c1ccc(NC(=O)CCC23CC4CC(CC(C4)C2)C3)cc1. The van der Waals surface area contributed by atoms with Gasteiger partial charge in [-0.3, -0.25) is 9.59 Å². The van der Waals surface area contributed by atoms with E-state index >= 15 is 0 Å². The number of anilines is 1. The lowest BCUT2D eigenvalue weighted by Crippen LogP contribution is -2.46. The first-order chi connectivity index (χ1) is 16.2. The highest BCUT2D eigenvalue weighted by Gasteiger charge is 2.50. The summed E-state index contributed by atoms with van der Waals surface area (Å²) < 4.78 is 26.9.